The van der Waals surface area contributed by atoms with Crippen LogP contribution in [0.25, 0.3) is 0 Å². The van der Waals surface area contributed by atoms with Gasteiger partial charge in [-0.25, -0.2) is 4.39 Å². The van der Waals surface area contributed by atoms with E-state index in [1.54, 1.807) is 6.07 Å². The van der Waals surface area contributed by atoms with E-state index >= 15 is 0 Å². The molecule has 0 bridgehead atoms. The maximum Gasteiger partial charge on any atom is 0.314 e. The largest absolute Gasteiger partial charge is 0.479 e. The van der Waals surface area contributed by atoms with Crippen molar-refractivity contribution in [2.75, 3.05) is 6.54 Å². The molecule has 1 aromatic carbocycles. The average Bonchev–Trinajstić information content (AvgIpc) is 2.90. The molecule has 21 heavy (non-hydrogen) atoms. The number of halogens is 1. The summed E-state index contributed by atoms with van der Waals surface area (Å²) in [6.07, 6.45) is 0. The van der Waals surface area contributed by atoms with Crippen LogP contribution < -0.4 is 10.5 Å². The second-order valence-electron chi connectivity index (χ2n) is 3.90. The zero-order valence-electron chi connectivity index (χ0n) is 10.8. The van der Waals surface area contributed by atoms with Gasteiger partial charge in [-0.2, -0.15) is 0 Å². The molecule has 0 aliphatic rings. The molecular weight excluding hydrogens is 295 g/mol. The Kier molecular flexibility index (Phi) is 4.87. The highest BCUT2D eigenvalue weighted by atomic mass is 32.1. The number of nitro benzene ring substituents is 1. The van der Waals surface area contributed by atoms with Gasteiger partial charge in [0, 0.05) is 11.6 Å². The number of nitrogens with zero attached hydrogens (tertiary/aromatic N) is 1. The SMILES string of the molecule is NCC#Cc1ccsc1COc1c(F)cccc1[N+](=O)[O-]. The molecule has 0 unspecified atom stereocenters. The van der Waals surface area contributed by atoms with E-state index in [1.165, 1.54) is 23.5 Å². The lowest BCUT2D eigenvalue weighted by Gasteiger charge is -2.06. The molecule has 0 fully saturated rings. The highest BCUT2D eigenvalue weighted by molar-refractivity contribution is 7.10. The summed E-state index contributed by atoms with van der Waals surface area (Å²) in [5.74, 6) is 4.45. The van der Waals surface area contributed by atoms with Gasteiger partial charge in [-0.3, -0.25) is 10.1 Å². The summed E-state index contributed by atoms with van der Waals surface area (Å²) in [6, 6.07) is 5.37. The van der Waals surface area contributed by atoms with Crippen LogP contribution in [0.4, 0.5) is 10.1 Å². The minimum Gasteiger partial charge on any atom is -0.479 e. The molecule has 2 rings (SSSR count). The van der Waals surface area contributed by atoms with E-state index in [0.29, 0.717) is 0 Å². The fraction of sp³-hybridized carbons (Fsp3) is 0.143. The van der Waals surface area contributed by atoms with Crippen molar-refractivity contribution >= 4 is 17.0 Å². The number of benzene rings is 1. The van der Waals surface area contributed by atoms with E-state index in [9.17, 15) is 14.5 Å². The van der Waals surface area contributed by atoms with Crippen LogP contribution in [-0.4, -0.2) is 11.5 Å². The zero-order chi connectivity index (χ0) is 15.2. The number of ether oxygens (including phenoxy) is 1. The molecule has 0 radical (unpaired) electrons. The fourth-order valence-electron chi connectivity index (χ4n) is 1.63. The summed E-state index contributed by atoms with van der Waals surface area (Å²) in [6.45, 7) is 0.239. The normalized spacial score (nSPS) is 9.81. The summed E-state index contributed by atoms with van der Waals surface area (Å²) in [7, 11) is 0. The standard InChI is InChI=1S/C14H11FN2O3S/c15-11-4-1-5-12(17(18)19)14(11)20-9-13-10(3-2-7-16)6-8-21-13/h1,4-6,8H,7,9,16H2. The molecule has 5 nitrogen and oxygen atoms in total. The second-order valence-corrected chi connectivity index (χ2v) is 4.90. The van der Waals surface area contributed by atoms with Crippen LogP contribution in [0.2, 0.25) is 0 Å². The number of hydrogen-bond acceptors (Lipinski definition) is 5. The van der Waals surface area contributed by atoms with Crippen LogP contribution >= 0.6 is 11.3 Å². The molecule has 0 aliphatic carbocycles. The third-order valence-electron chi connectivity index (χ3n) is 2.56. The summed E-state index contributed by atoms with van der Waals surface area (Å²) >= 11 is 1.38. The smallest absolute Gasteiger partial charge is 0.314 e. The van der Waals surface area contributed by atoms with E-state index < -0.39 is 16.4 Å². The van der Waals surface area contributed by atoms with Crippen LogP contribution in [0.1, 0.15) is 10.4 Å². The van der Waals surface area contributed by atoms with E-state index in [1.807, 2.05) is 5.38 Å². The van der Waals surface area contributed by atoms with Crippen molar-refractivity contribution in [3.63, 3.8) is 0 Å². The molecule has 0 saturated carbocycles. The van der Waals surface area contributed by atoms with Gasteiger partial charge in [-0.1, -0.05) is 17.9 Å². The number of rotatable bonds is 4. The number of nitrogens with two attached hydrogens (primary N) is 1. The average molecular weight is 306 g/mol. The van der Waals surface area contributed by atoms with Gasteiger partial charge >= 0.3 is 5.69 Å². The molecule has 0 saturated heterocycles. The van der Waals surface area contributed by atoms with Crippen molar-refractivity contribution in [3.05, 3.63) is 56.0 Å². The van der Waals surface area contributed by atoms with Crippen LogP contribution in [0, 0.1) is 27.8 Å². The Labute approximate surface area is 124 Å². The third-order valence-corrected chi connectivity index (χ3v) is 3.46. The van der Waals surface area contributed by atoms with Gasteiger partial charge in [0.15, 0.2) is 5.82 Å². The Bertz CT molecular complexity index is 718. The highest BCUT2D eigenvalue weighted by Gasteiger charge is 2.19. The first kappa shape index (κ1) is 15.0. The Morgan fingerprint density at radius 3 is 2.95 bits per heavy atom. The summed E-state index contributed by atoms with van der Waals surface area (Å²) in [4.78, 5) is 10.9. The minimum absolute atomic E-state index is 0.00796. The van der Waals surface area contributed by atoms with Gasteiger partial charge in [0.25, 0.3) is 0 Å². The van der Waals surface area contributed by atoms with Crippen LogP contribution in [0.5, 0.6) is 5.75 Å². The van der Waals surface area contributed by atoms with Gasteiger partial charge in [-0.15, -0.1) is 11.3 Å². The molecule has 0 spiro atoms. The lowest BCUT2D eigenvalue weighted by atomic mass is 10.2. The van der Waals surface area contributed by atoms with E-state index in [2.05, 4.69) is 11.8 Å². The number of thiophene rings is 1. The van der Waals surface area contributed by atoms with Crippen LogP contribution in [0.15, 0.2) is 29.6 Å². The molecule has 1 heterocycles. The van der Waals surface area contributed by atoms with Crippen LogP contribution in [-0.2, 0) is 6.61 Å². The number of hydrogen-bond donors (Lipinski definition) is 1. The van der Waals surface area contributed by atoms with Crippen molar-refractivity contribution in [2.45, 2.75) is 6.61 Å². The first-order valence-electron chi connectivity index (χ1n) is 5.94. The highest BCUT2D eigenvalue weighted by Crippen LogP contribution is 2.31. The summed E-state index contributed by atoms with van der Waals surface area (Å²) in [5, 5.41) is 12.7. The maximum absolute atomic E-state index is 13.7. The zero-order valence-corrected chi connectivity index (χ0v) is 11.7. The Hall–Kier alpha value is -2.43. The minimum atomic E-state index is -0.768. The first-order valence-corrected chi connectivity index (χ1v) is 6.82. The maximum atomic E-state index is 13.7. The van der Waals surface area contributed by atoms with E-state index in [0.717, 1.165) is 16.5 Å². The summed E-state index contributed by atoms with van der Waals surface area (Å²) < 4.78 is 19.0. The van der Waals surface area contributed by atoms with Crippen molar-refractivity contribution in [3.8, 4) is 17.6 Å². The Morgan fingerprint density at radius 1 is 1.43 bits per heavy atom. The Morgan fingerprint density at radius 2 is 2.24 bits per heavy atom. The Balaban J connectivity index is 2.21. The quantitative estimate of drug-likeness (QED) is 0.535. The molecule has 0 aliphatic heterocycles. The molecule has 0 atom stereocenters. The van der Waals surface area contributed by atoms with Gasteiger partial charge in [0.1, 0.15) is 6.61 Å². The molecular formula is C14H11FN2O3S. The predicted octanol–water partition coefficient (Wildman–Crippen LogP) is 2.68. The molecule has 7 heteroatoms. The lowest BCUT2D eigenvalue weighted by molar-refractivity contribution is -0.386. The molecule has 1 aromatic heterocycles. The van der Waals surface area contributed by atoms with E-state index in [4.69, 9.17) is 10.5 Å². The van der Waals surface area contributed by atoms with Crippen molar-refractivity contribution < 1.29 is 14.1 Å². The number of nitro groups is 1. The molecule has 2 N–H and O–H groups in total. The van der Waals surface area contributed by atoms with Gasteiger partial charge in [-0.05, 0) is 17.5 Å². The van der Waals surface area contributed by atoms with Gasteiger partial charge < -0.3 is 10.5 Å². The van der Waals surface area contributed by atoms with Crippen molar-refractivity contribution in [1.29, 1.82) is 0 Å². The van der Waals surface area contributed by atoms with E-state index in [-0.39, 0.29) is 18.9 Å². The first-order chi connectivity index (χ1) is 10.1. The lowest BCUT2D eigenvalue weighted by Crippen LogP contribution is -2.01. The third kappa shape index (κ3) is 3.56. The molecule has 0 amide bonds. The summed E-state index contributed by atoms with van der Waals surface area (Å²) in [5.41, 5.74) is 5.63. The number of para-hydroxylation sites is 1. The topological polar surface area (TPSA) is 78.4 Å². The molecule has 2 aromatic rings. The van der Waals surface area contributed by atoms with Gasteiger partial charge in [0.2, 0.25) is 5.75 Å². The predicted molar refractivity (Wildman–Crippen MR) is 77.6 cm³/mol. The fourth-order valence-corrected chi connectivity index (χ4v) is 2.37. The van der Waals surface area contributed by atoms with Crippen LogP contribution in [0.3, 0.4) is 0 Å². The van der Waals surface area contributed by atoms with Crippen molar-refractivity contribution in [2.24, 2.45) is 5.73 Å². The molecule has 108 valence electrons. The van der Waals surface area contributed by atoms with Gasteiger partial charge in [0.05, 0.1) is 16.3 Å². The monoisotopic (exact) mass is 306 g/mol. The second kappa shape index (κ2) is 6.83. The van der Waals surface area contributed by atoms with Crippen molar-refractivity contribution in [1.82, 2.24) is 0 Å².